The number of anilines is 1. The van der Waals surface area contributed by atoms with Gasteiger partial charge >= 0.3 is 17.5 Å². The number of hydrogen-bond donors (Lipinski definition) is 1. The summed E-state index contributed by atoms with van der Waals surface area (Å²) in [5.41, 5.74) is 2.02. The fourth-order valence-corrected chi connectivity index (χ4v) is 4.57. The van der Waals surface area contributed by atoms with Gasteiger partial charge in [-0.3, -0.25) is 4.57 Å². The summed E-state index contributed by atoms with van der Waals surface area (Å²) >= 11 is 5.88. The molecule has 9 nitrogen and oxygen atoms in total. The molecule has 1 fully saturated rings. The van der Waals surface area contributed by atoms with Crippen LogP contribution in [0.25, 0.3) is 0 Å². The van der Waals surface area contributed by atoms with Crippen molar-refractivity contribution in [1.29, 1.82) is 0 Å². The van der Waals surface area contributed by atoms with Gasteiger partial charge in [0.2, 0.25) is 0 Å². The predicted molar refractivity (Wildman–Crippen MR) is 134 cm³/mol. The third-order valence-electron chi connectivity index (χ3n) is 6.33. The number of aromatic nitrogens is 2. The molecule has 2 aromatic carbocycles. The predicted octanol–water partition coefficient (Wildman–Crippen LogP) is 5.56. The number of aliphatic hydroxyl groups is 1. The number of nitro groups is 1. The molecule has 4 rings (SSSR count). The number of piperidine rings is 1. The number of nitrogens with zero attached hydrogens (tertiary/aromatic N) is 4. The summed E-state index contributed by atoms with van der Waals surface area (Å²) in [6.45, 7) is 1.91. The molecule has 38 heavy (non-hydrogen) atoms. The second-order valence-corrected chi connectivity index (χ2v) is 9.28. The number of aryl methyl sites for hydroxylation is 1. The van der Waals surface area contributed by atoms with Gasteiger partial charge in [0.25, 0.3) is 0 Å². The smallest absolute Gasteiger partial charge is 0.491 e. The van der Waals surface area contributed by atoms with E-state index in [1.54, 1.807) is 12.1 Å². The normalized spacial score (nSPS) is 15.3. The fourth-order valence-electron chi connectivity index (χ4n) is 4.35. The summed E-state index contributed by atoms with van der Waals surface area (Å²) in [7, 11) is 0. The van der Waals surface area contributed by atoms with Crippen LogP contribution in [-0.2, 0) is 6.54 Å². The van der Waals surface area contributed by atoms with Crippen molar-refractivity contribution in [2.75, 3.05) is 24.6 Å². The molecule has 1 saturated heterocycles. The highest BCUT2D eigenvalue weighted by atomic mass is 35.5. The zero-order chi connectivity index (χ0) is 27.3. The first-order valence-electron chi connectivity index (χ1n) is 12.0. The maximum absolute atomic E-state index is 12.4. The van der Waals surface area contributed by atoms with Crippen LogP contribution in [0, 0.1) is 10.1 Å². The Morgan fingerprint density at radius 1 is 1.11 bits per heavy atom. The van der Waals surface area contributed by atoms with E-state index in [9.17, 15) is 28.4 Å². The first kappa shape index (κ1) is 27.5. The third-order valence-corrected chi connectivity index (χ3v) is 6.63. The molecule has 2 heterocycles. The monoisotopic (exact) mass is 554 g/mol. The van der Waals surface area contributed by atoms with E-state index in [0.29, 0.717) is 5.75 Å². The Hall–Kier alpha value is -3.51. The minimum Gasteiger partial charge on any atom is -0.491 e. The summed E-state index contributed by atoms with van der Waals surface area (Å²) in [6.07, 6.45) is -2.27. The first-order chi connectivity index (χ1) is 18.1. The first-order valence-corrected chi connectivity index (χ1v) is 12.3. The molecule has 0 saturated carbocycles. The van der Waals surface area contributed by atoms with E-state index >= 15 is 0 Å². The Bertz CT molecular complexity index is 1210. The summed E-state index contributed by atoms with van der Waals surface area (Å²) in [6, 6.07) is 13.6. The van der Waals surface area contributed by atoms with Crippen LogP contribution in [0.1, 0.15) is 30.7 Å². The van der Waals surface area contributed by atoms with Gasteiger partial charge in [-0.15, -0.1) is 13.2 Å². The van der Waals surface area contributed by atoms with E-state index in [0.717, 1.165) is 37.2 Å². The fraction of sp³-hybridized carbons (Fsp3) is 0.400. The number of hydrogen-bond acceptors (Lipinski definition) is 7. The third kappa shape index (κ3) is 7.51. The highest BCUT2D eigenvalue weighted by Crippen LogP contribution is 2.33. The average Bonchev–Trinajstić information content (AvgIpc) is 3.27. The molecular formula is C25H26ClF3N4O5. The van der Waals surface area contributed by atoms with Crippen LogP contribution in [0.3, 0.4) is 0 Å². The van der Waals surface area contributed by atoms with E-state index < -0.39 is 17.4 Å². The zero-order valence-corrected chi connectivity index (χ0v) is 20.9. The average molecular weight is 555 g/mol. The van der Waals surface area contributed by atoms with Crippen LogP contribution in [0.5, 0.6) is 11.5 Å². The molecular weight excluding hydrogens is 529 g/mol. The van der Waals surface area contributed by atoms with E-state index in [1.807, 2.05) is 24.3 Å². The quantitative estimate of drug-likeness (QED) is 0.259. The maximum atomic E-state index is 12.4. The van der Waals surface area contributed by atoms with Crippen molar-refractivity contribution in [3.05, 3.63) is 75.7 Å². The number of rotatable bonds is 10. The van der Waals surface area contributed by atoms with E-state index in [2.05, 4.69) is 14.6 Å². The Morgan fingerprint density at radius 2 is 1.74 bits per heavy atom. The van der Waals surface area contributed by atoms with Crippen molar-refractivity contribution in [2.45, 2.75) is 44.2 Å². The molecule has 0 spiro atoms. The number of ether oxygens (including phenoxy) is 2. The molecule has 3 aromatic rings. The number of alkyl halides is 3. The lowest BCUT2D eigenvalue weighted by atomic mass is 9.89. The van der Waals surface area contributed by atoms with Gasteiger partial charge in [-0.05, 0) is 88.7 Å². The second kappa shape index (κ2) is 11.9. The van der Waals surface area contributed by atoms with Crippen molar-refractivity contribution in [3.8, 4) is 11.5 Å². The summed E-state index contributed by atoms with van der Waals surface area (Å²) in [5.74, 6) is 0.292. The van der Waals surface area contributed by atoms with E-state index in [4.69, 9.17) is 16.3 Å². The van der Waals surface area contributed by atoms with Gasteiger partial charge in [0, 0.05) is 25.3 Å². The molecule has 0 amide bonds. The molecule has 1 aliphatic rings. The Kier molecular flexibility index (Phi) is 8.62. The molecule has 1 atom stereocenters. The summed E-state index contributed by atoms with van der Waals surface area (Å²) < 4.78 is 48.1. The Morgan fingerprint density at radius 3 is 2.32 bits per heavy atom. The molecule has 1 N–H and O–H groups in total. The van der Waals surface area contributed by atoms with Crippen LogP contribution >= 0.6 is 11.6 Å². The maximum Gasteiger partial charge on any atom is 0.573 e. The molecule has 1 unspecified atom stereocenters. The molecule has 13 heteroatoms. The van der Waals surface area contributed by atoms with Crippen LogP contribution < -0.4 is 14.4 Å². The van der Waals surface area contributed by atoms with E-state index in [-0.39, 0.29) is 42.3 Å². The van der Waals surface area contributed by atoms with Gasteiger partial charge < -0.3 is 29.6 Å². The largest absolute Gasteiger partial charge is 0.573 e. The zero-order valence-electron chi connectivity index (χ0n) is 20.2. The number of aliphatic hydroxyl groups excluding tert-OH is 1. The van der Waals surface area contributed by atoms with Gasteiger partial charge in [0.1, 0.15) is 24.3 Å². The molecule has 0 bridgehead atoms. The summed E-state index contributed by atoms with van der Waals surface area (Å²) in [4.78, 5) is 16.0. The van der Waals surface area contributed by atoms with Gasteiger partial charge in [-0.2, -0.15) is 0 Å². The van der Waals surface area contributed by atoms with Crippen molar-refractivity contribution < 1.29 is 32.7 Å². The van der Waals surface area contributed by atoms with Gasteiger partial charge in [0.05, 0.1) is 6.10 Å². The molecule has 204 valence electrons. The van der Waals surface area contributed by atoms with Crippen LogP contribution in [0.2, 0.25) is 5.28 Å². The SMILES string of the molecule is O=[N+]([O-])c1cn(CCC(O)COc2ccc(N3CCC(c4ccc(OC(F)(F)F)cc4)CC3)cc2)c(Cl)n1. The lowest BCUT2D eigenvalue weighted by molar-refractivity contribution is -0.389. The van der Waals surface area contributed by atoms with E-state index in [1.165, 1.54) is 22.9 Å². The molecule has 1 aliphatic heterocycles. The minimum absolute atomic E-state index is 0.0159. The van der Waals surface area contributed by atoms with Crippen LogP contribution in [-0.4, -0.2) is 51.7 Å². The molecule has 1 aromatic heterocycles. The second-order valence-electron chi connectivity index (χ2n) is 8.94. The Balaban J connectivity index is 1.21. The summed E-state index contributed by atoms with van der Waals surface area (Å²) in [5, 5.41) is 21.0. The number of halogens is 4. The number of imidazole rings is 1. The van der Waals surface area contributed by atoms with Gasteiger partial charge in [-0.1, -0.05) is 12.1 Å². The highest BCUT2D eigenvalue weighted by Gasteiger charge is 2.31. The lowest BCUT2D eigenvalue weighted by Crippen LogP contribution is -2.32. The van der Waals surface area contributed by atoms with Crippen LogP contribution in [0.4, 0.5) is 24.7 Å². The van der Waals surface area contributed by atoms with Gasteiger partial charge in [0.15, 0.2) is 0 Å². The van der Waals surface area contributed by atoms with Crippen molar-refractivity contribution in [3.63, 3.8) is 0 Å². The minimum atomic E-state index is -4.70. The van der Waals surface area contributed by atoms with Crippen molar-refractivity contribution in [1.82, 2.24) is 9.55 Å². The number of benzene rings is 2. The lowest BCUT2D eigenvalue weighted by Gasteiger charge is -2.34. The van der Waals surface area contributed by atoms with Crippen molar-refractivity contribution >= 4 is 23.1 Å². The highest BCUT2D eigenvalue weighted by molar-refractivity contribution is 6.28. The topological polar surface area (TPSA) is 103 Å². The standard InChI is InChI=1S/C25H26ClF3N4O5/c26-24-30-23(33(35)36)15-32(24)14-11-20(34)16-37-21-7-3-19(4-8-21)31-12-9-18(10-13-31)17-1-5-22(6-2-17)38-25(27,28)29/h1-8,15,18,20,34H,9-14,16H2. The van der Waals surface area contributed by atoms with Gasteiger partial charge in [-0.25, -0.2) is 0 Å². The Labute approximate surface area is 221 Å². The molecule has 0 aliphatic carbocycles. The van der Waals surface area contributed by atoms with Crippen LogP contribution in [0.15, 0.2) is 54.7 Å². The molecule has 0 radical (unpaired) electrons. The van der Waals surface area contributed by atoms with Crippen molar-refractivity contribution in [2.24, 2.45) is 0 Å².